The molecule has 0 saturated heterocycles. The number of nitrogens with zero attached hydrogens (tertiary/aromatic N) is 1. The van der Waals surface area contributed by atoms with E-state index in [2.05, 4.69) is 121 Å². The molecule has 2 heteroatoms. The molecule has 31 heavy (non-hydrogen) atoms. The van der Waals surface area contributed by atoms with Gasteiger partial charge < -0.3 is 4.98 Å². The topological polar surface area (TPSA) is 19.0 Å². The van der Waals surface area contributed by atoms with Crippen molar-refractivity contribution in [3.05, 3.63) is 71.5 Å². The van der Waals surface area contributed by atoms with Gasteiger partial charge in [-0.1, -0.05) is 56.4 Å². The summed E-state index contributed by atoms with van der Waals surface area (Å²) in [6.45, 7) is 22.1. The summed E-state index contributed by atoms with van der Waals surface area (Å²) in [5.74, 6) is 0.414. The van der Waals surface area contributed by atoms with E-state index in [0.717, 1.165) is 12.0 Å². The van der Waals surface area contributed by atoms with Crippen LogP contribution in [0.1, 0.15) is 84.5 Å². The molecule has 3 rings (SSSR count). The van der Waals surface area contributed by atoms with Crippen LogP contribution in [0.3, 0.4) is 0 Å². The number of rotatable bonds is 5. The summed E-state index contributed by atoms with van der Waals surface area (Å²) in [5, 5.41) is 1.33. The van der Waals surface area contributed by atoms with Gasteiger partial charge in [0.1, 0.15) is 0 Å². The van der Waals surface area contributed by atoms with E-state index in [4.69, 9.17) is 0 Å². The average molecular weight is 417 g/mol. The summed E-state index contributed by atoms with van der Waals surface area (Å²) >= 11 is 0. The number of fused-ring (bicyclic) bond motifs is 1. The zero-order valence-corrected chi connectivity index (χ0v) is 21.0. The van der Waals surface area contributed by atoms with Crippen LogP contribution in [-0.4, -0.2) is 28.0 Å². The van der Waals surface area contributed by atoms with Gasteiger partial charge in [-0.15, -0.1) is 0 Å². The molecule has 166 valence electrons. The molecule has 0 aliphatic carbocycles. The van der Waals surface area contributed by atoms with Crippen LogP contribution in [0.15, 0.2) is 54.7 Å². The number of H-pyrrole nitrogens is 1. The minimum Gasteiger partial charge on any atom is -0.354 e. The van der Waals surface area contributed by atoms with E-state index in [1.807, 2.05) is 0 Å². The average Bonchev–Trinajstić information content (AvgIpc) is 3.03. The molecule has 2 aromatic rings. The highest BCUT2D eigenvalue weighted by atomic mass is 15.2. The second-order valence-corrected chi connectivity index (χ2v) is 10.6. The Kier molecular flexibility index (Phi) is 6.26. The van der Waals surface area contributed by atoms with Gasteiger partial charge in [0.2, 0.25) is 0 Å². The number of nitrogens with one attached hydrogen (secondary N) is 1. The summed E-state index contributed by atoms with van der Waals surface area (Å²) in [6.07, 6.45) is 9.95. The van der Waals surface area contributed by atoms with Gasteiger partial charge in [-0.25, -0.2) is 0 Å². The Morgan fingerprint density at radius 1 is 1.19 bits per heavy atom. The van der Waals surface area contributed by atoms with E-state index in [-0.39, 0.29) is 11.1 Å². The predicted molar refractivity (Wildman–Crippen MR) is 139 cm³/mol. The van der Waals surface area contributed by atoms with E-state index in [0.29, 0.717) is 5.92 Å². The molecule has 0 unspecified atom stereocenters. The number of likely N-dealkylation sites (N-methyl/N-ethyl adjacent to an activating group) is 1. The molecule has 1 aromatic carbocycles. The highest BCUT2D eigenvalue weighted by Crippen LogP contribution is 2.41. The zero-order valence-electron chi connectivity index (χ0n) is 21.0. The minimum atomic E-state index is 0.0273. The van der Waals surface area contributed by atoms with Crippen molar-refractivity contribution in [2.75, 3.05) is 7.05 Å². The van der Waals surface area contributed by atoms with Gasteiger partial charge in [0, 0.05) is 27.7 Å². The summed E-state index contributed by atoms with van der Waals surface area (Å²) in [6, 6.07) is 6.95. The van der Waals surface area contributed by atoms with Crippen LogP contribution in [0.25, 0.3) is 22.0 Å². The van der Waals surface area contributed by atoms with Crippen molar-refractivity contribution in [3.63, 3.8) is 0 Å². The second kappa shape index (κ2) is 8.31. The maximum absolute atomic E-state index is 4.10. The van der Waals surface area contributed by atoms with Crippen molar-refractivity contribution in [1.29, 1.82) is 0 Å². The third kappa shape index (κ3) is 4.50. The maximum Gasteiger partial charge on any atom is 0.0499 e. The Balaban J connectivity index is 2.22. The van der Waals surface area contributed by atoms with Crippen LogP contribution in [0, 0.1) is 0 Å². The van der Waals surface area contributed by atoms with Gasteiger partial charge in [0.15, 0.2) is 0 Å². The SMILES string of the molecule is C=C(C)/C=C(\C=CC)c1[nH]c2ccc(C3=CC(C)(C)N(C)C(C)(C)C3)cc2c1C(C)C. The van der Waals surface area contributed by atoms with Crippen molar-refractivity contribution in [1.82, 2.24) is 9.88 Å². The van der Waals surface area contributed by atoms with Crippen molar-refractivity contribution in [3.8, 4) is 0 Å². The predicted octanol–water partition coefficient (Wildman–Crippen LogP) is 8.10. The van der Waals surface area contributed by atoms with Crippen molar-refractivity contribution >= 4 is 22.0 Å². The minimum absolute atomic E-state index is 0.0273. The first-order valence-electron chi connectivity index (χ1n) is 11.5. The highest BCUT2D eigenvalue weighted by Gasteiger charge is 2.38. The van der Waals surface area contributed by atoms with E-state index in [1.165, 1.54) is 38.9 Å². The van der Waals surface area contributed by atoms with Crippen LogP contribution in [0.2, 0.25) is 0 Å². The van der Waals surface area contributed by atoms with Crippen LogP contribution in [0.4, 0.5) is 0 Å². The Labute approximate surface area is 189 Å². The van der Waals surface area contributed by atoms with Crippen molar-refractivity contribution in [2.24, 2.45) is 0 Å². The van der Waals surface area contributed by atoms with Gasteiger partial charge in [-0.2, -0.15) is 0 Å². The Morgan fingerprint density at radius 2 is 1.87 bits per heavy atom. The molecule has 1 aromatic heterocycles. The molecule has 2 nitrogen and oxygen atoms in total. The van der Waals surface area contributed by atoms with E-state index >= 15 is 0 Å². The van der Waals surface area contributed by atoms with Gasteiger partial charge >= 0.3 is 0 Å². The van der Waals surface area contributed by atoms with Gasteiger partial charge in [-0.05, 0) is 95.3 Å². The lowest BCUT2D eigenvalue weighted by Gasteiger charge is -2.49. The number of hydrogen-bond donors (Lipinski definition) is 1. The number of hydrogen-bond acceptors (Lipinski definition) is 1. The lowest BCUT2D eigenvalue weighted by atomic mass is 9.79. The summed E-state index contributed by atoms with van der Waals surface area (Å²) < 4.78 is 0. The fourth-order valence-electron chi connectivity index (χ4n) is 5.01. The van der Waals surface area contributed by atoms with Crippen LogP contribution < -0.4 is 0 Å². The smallest absolute Gasteiger partial charge is 0.0499 e. The van der Waals surface area contributed by atoms with E-state index < -0.39 is 0 Å². The van der Waals surface area contributed by atoms with Gasteiger partial charge in [0.05, 0.1) is 0 Å². The molecule has 0 radical (unpaired) electrons. The Morgan fingerprint density at radius 3 is 2.42 bits per heavy atom. The molecule has 0 spiro atoms. The first-order chi connectivity index (χ1) is 14.4. The number of benzene rings is 1. The lowest BCUT2D eigenvalue weighted by Crippen LogP contribution is -2.54. The third-order valence-corrected chi connectivity index (χ3v) is 6.75. The first-order valence-corrected chi connectivity index (χ1v) is 11.5. The van der Waals surface area contributed by atoms with Gasteiger partial charge in [0.25, 0.3) is 0 Å². The van der Waals surface area contributed by atoms with Crippen molar-refractivity contribution in [2.45, 2.75) is 78.8 Å². The quantitative estimate of drug-likeness (QED) is 0.488. The standard InChI is InChI=1S/C29H40N2/c1-11-12-22(15-19(2)3)27-26(20(4)5)24-16-21(13-14-25(24)30-27)23-17-28(6,7)31(10)29(8,9)18-23/h11-17,20,30H,2,18H2,1,3-10H3/b12-11?,22-15+. The normalized spacial score (nSPS) is 19.4. The zero-order chi connectivity index (χ0) is 23.1. The number of allylic oxidation sites excluding steroid dienone is 5. The fraction of sp³-hybridized carbons (Fsp3) is 0.448. The Bertz CT molecular complexity index is 1080. The first kappa shape index (κ1) is 23.3. The molecule has 0 atom stereocenters. The Hall–Kier alpha value is -2.32. The highest BCUT2D eigenvalue weighted by molar-refractivity contribution is 5.94. The molecule has 0 amide bonds. The largest absolute Gasteiger partial charge is 0.354 e. The molecule has 0 fully saturated rings. The molecular formula is C29H40N2. The molecule has 1 aliphatic rings. The van der Waals surface area contributed by atoms with Crippen LogP contribution in [0.5, 0.6) is 0 Å². The summed E-state index contributed by atoms with van der Waals surface area (Å²) in [5.41, 5.74) is 8.97. The van der Waals surface area contributed by atoms with E-state index in [9.17, 15) is 0 Å². The second-order valence-electron chi connectivity index (χ2n) is 10.6. The lowest BCUT2D eigenvalue weighted by molar-refractivity contribution is 0.0697. The summed E-state index contributed by atoms with van der Waals surface area (Å²) in [7, 11) is 2.24. The van der Waals surface area contributed by atoms with Crippen molar-refractivity contribution < 1.29 is 0 Å². The monoisotopic (exact) mass is 416 g/mol. The molecule has 2 heterocycles. The number of aromatic nitrogens is 1. The maximum atomic E-state index is 4.10. The molecule has 1 N–H and O–H groups in total. The van der Waals surface area contributed by atoms with Crippen LogP contribution >= 0.6 is 0 Å². The van der Waals surface area contributed by atoms with E-state index in [1.54, 1.807) is 0 Å². The third-order valence-electron chi connectivity index (χ3n) is 6.75. The van der Waals surface area contributed by atoms with Gasteiger partial charge in [-0.3, -0.25) is 4.90 Å². The molecule has 1 aliphatic heterocycles. The fourth-order valence-corrected chi connectivity index (χ4v) is 5.01. The summed E-state index contributed by atoms with van der Waals surface area (Å²) in [4.78, 5) is 6.21. The molecule has 0 saturated carbocycles. The molecular weight excluding hydrogens is 376 g/mol. The number of aromatic amines is 1. The van der Waals surface area contributed by atoms with Crippen LogP contribution in [-0.2, 0) is 0 Å². The molecule has 0 bridgehead atoms.